The molecule has 4 atom stereocenters. The molecule has 5 rings (SSSR count). The maximum absolute atomic E-state index is 16.0. The molecule has 3 aromatic rings. The standard InChI is InChI=1S/C27H31BrFIN4O3Si/c1-17-25(38(2,3)29)24(9-11-33-16-21(10-12-35)31-32-33)37-27(17)22-14-19(28)7-8-23(22)34(26(27)36)15-18-5-4-6-20(30)13-18/h4-8,13-14,16-17,24-25,35H,9-12,15H2,1-3H3/t17-,24+,25-,27+/m0/s1. The van der Waals surface area contributed by atoms with Crippen molar-refractivity contribution in [3.8, 4) is 0 Å². The zero-order chi connectivity index (χ0) is 27.2. The normalized spacial score (nSPS) is 25.0. The second kappa shape index (κ2) is 10.7. The predicted molar refractivity (Wildman–Crippen MR) is 158 cm³/mol. The van der Waals surface area contributed by atoms with Gasteiger partial charge in [-0.2, -0.15) is 0 Å². The quantitative estimate of drug-likeness (QED) is 0.187. The number of carbonyl (C=O) groups is 1. The lowest BCUT2D eigenvalue weighted by Gasteiger charge is -2.31. The Labute approximate surface area is 245 Å². The summed E-state index contributed by atoms with van der Waals surface area (Å²) in [5.74, 6) is -0.477. The molecule has 1 saturated heterocycles. The fraction of sp³-hybridized carbons (Fsp3) is 0.444. The number of aryl methyl sites for hydroxylation is 1. The molecular formula is C27H31BrFIN4O3Si. The highest BCUT2D eigenvalue weighted by molar-refractivity contribution is 14.1. The SMILES string of the molecule is C[C@H]1[C@H]([Si](C)(C)F)[C@@H](CCn2cc(CCO)nn2)O[C@]12C(=O)N(Cc1cccc(I)c1)c1ccc(Br)cc12. The van der Waals surface area contributed by atoms with Gasteiger partial charge in [-0.25, -0.2) is 0 Å². The van der Waals surface area contributed by atoms with Gasteiger partial charge in [0.05, 0.1) is 24.0 Å². The molecule has 2 aliphatic rings. The number of rotatable bonds is 8. The van der Waals surface area contributed by atoms with Crippen molar-refractivity contribution in [3.63, 3.8) is 0 Å². The van der Waals surface area contributed by atoms with E-state index in [1.54, 1.807) is 28.9 Å². The summed E-state index contributed by atoms with van der Waals surface area (Å²) in [6, 6.07) is 14.0. The number of aliphatic hydroxyl groups excluding tert-OH is 1. The molecule has 38 heavy (non-hydrogen) atoms. The summed E-state index contributed by atoms with van der Waals surface area (Å²) in [6.45, 7) is 6.31. The number of ether oxygens (including phenoxy) is 1. The van der Waals surface area contributed by atoms with Crippen LogP contribution in [0.3, 0.4) is 0 Å². The van der Waals surface area contributed by atoms with Crippen molar-refractivity contribution >= 4 is 58.5 Å². The van der Waals surface area contributed by atoms with Crippen LogP contribution in [0.5, 0.6) is 0 Å². The molecule has 1 aromatic heterocycles. The highest BCUT2D eigenvalue weighted by Gasteiger charge is 2.66. The van der Waals surface area contributed by atoms with E-state index in [0.717, 1.165) is 24.9 Å². The average Bonchev–Trinajstić information content (AvgIpc) is 3.48. The van der Waals surface area contributed by atoms with Gasteiger partial charge in [0.2, 0.25) is 8.41 Å². The van der Waals surface area contributed by atoms with E-state index in [2.05, 4.69) is 54.9 Å². The van der Waals surface area contributed by atoms with Crippen molar-refractivity contribution < 1.29 is 18.7 Å². The van der Waals surface area contributed by atoms with Crippen molar-refractivity contribution in [2.75, 3.05) is 11.5 Å². The minimum Gasteiger partial charge on any atom is -0.396 e. The second-order valence-electron chi connectivity index (χ2n) is 10.7. The van der Waals surface area contributed by atoms with Crippen LogP contribution < -0.4 is 4.90 Å². The maximum Gasteiger partial charge on any atom is 0.264 e. The first-order valence-electron chi connectivity index (χ1n) is 12.8. The Hall–Kier alpha value is -1.67. The molecule has 3 heterocycles. The number of anilines is 1. The third kappa shape index (κ3) is 5.00. The van der Waals surface area contributed by atoms with Gasteiger partial charge in [0.1, 0.15) is 0 Å². The molecule has 0 bridgehead atoms. The van der Waals surface area contributed by atoms with Crippen LogP contribution in [-0.2, 0) is 34.6 Å². The van der Waals surface area contributed by atoms with Crippen LogP contribution in [0.4, 0.5) is 9.80 Å². The molecule has 1 N–H and O–H groups in total. The summed E-state index contributed by atoms with van der Waals surface area (Å²) in [7, 11) is -3.24. The van der Waals surface area contributed by atoms with Gasteiger partial charge in [0.15, 0.2) is 5.60 Å². The van der Waals surface area contributed by atoms with E-state index in [0.29, 0.717) is 31.6 Å². The maximum atomic E-state index is 16.0. The minimum atomic E-state index is -3.24. The summed E-state index contributed by atoms with van der Waals surface area (Å²) < 4.78 is 26.5. The lowest BCUT2D eigenvalue weighted by atomic mass is 9.82. The third-order valence-corrected chi connectivity index (χ3v) is 11.4. The Kier molecular flexibility index (Phi) is 7.86. The Morgan fingerprint density at radius 1 is 1.26 bits per heavy atom. The summed E-state index contributed by atoms with van der Waals surface area (Å²) in [5, 5.41) is 17.4. The van der Waals surface area contributed by atoms with Gasteiger partial charge in [-0.3, -0.25) is 9.48 Å². The first kappa shape index (κ1) is 27.9. The molecule has 2 aliphatic heterocycles. The first-order chi connectivity index (χ1) is 18.0. The number of amides is 1. The predicted octanol–water partition coefficient (Wildman–Crippen LogP) is 5.59. The van der Waals surface area contributed by atoms with Gasteiger partial charge in [0, 0.05) is 50.8 Å². The zero-order valence-electron chi connectivity index (χ0n) is 21.6. The van der Waals surface area contributed by atoms with Gasteiger partial charge >= 0.3 is 0 Å². The Bertz CT molecular complexity index is 1350. The van der Waals surface area contributed by atoms with Gasteiger partial charge in [-0.15, -0.1) is 5.10 Å². The Morgan fingerprint density at radius 3 is 2.76 bits per heavy atom. The highest BCUT2D eigenvalue weighted by atomic mass is 127. The van der Waals surface area contributed by atoms with Crippen LogP contribution >= 0.6 is 38.5 Å². The number of hydrogen-bond donors (Lipinski definition) is 1. The van der Waals surface area contributed by atoms with Gasteiger partial charge in [-0.05, 0) is 78.0 Å². The van der Waals surface area contributed by atoms with E-state index in [4.69, 9.17) is 4.74 Å². The molecule has 0 radical (unpaired) electrons. The smallest absolute Gasteiger partial charge is 0.264 e. The van der Waals surface area contributed by atoms with E-state index in [-0.39, 0.29) is 24.0 Å². The van der Waals surface area contributed by atoms with Crippen LogP contribution in [0.15, 0.2) is 53.1 Å². The number of fused-ring (bicyclic) bond motifs is 2. The van der Waals surface area contributed by atoms with E-state index in [1.807, 2.05) is 43.3 Å². The number of benzene rings is 2. The fourth-order valence-corrected chi connectivity index (χ4v) is 9.71. The molecule has 1 amide bonds. The molecule has 2 aromatic carbocycles. The molecule has 1 spiro atoms. The highest BCUT2D eigenvalue weighted by Crippen LogP contribution is 2.60. The summed E-state index contributed by atoms with van der Waals surface area (Å²) >= 11 is 5.86. The van der Waals surface area contributed by atoms with E-state index < -0.39 is 20.1 Å². The monoisotopic (exact) mass is 712 g/mol. The van der Waals surface area contributed by atoms with Crippen molar-refractivity contribution in [3.05, 3.63) is 73.5 Å². The van der Waals surface area contributed by atoms with Crippen LogP contribution in [-0.4, -0.2) is 47.1 Å². The summed E-state index contributed by atoms with van der Waals surface area (Å²) in [4.78, 5) is 16.2. The third-order valence-electron chi connectivity index (χ3n) is 7.75. The lowest BCUT2D eigenvalue weighted by Crippen LogP contribution is -2.45. The zero-order valence-corrected chi connectivity index (χ0v) is 26.3. The Morgan fingerprint density at radius 2 is 2.05 bits per heavy atom. The number of carbonyl (C=O) groups excluding carboxylic acids is 1. The molecule has 11 heteroatoms. The van der Waals surface area contributed by atoms with Crippen LogP contribution in [0.2, 0.25) is 18.6 Å². The number of aliphatic hydroxyl groups is 1. The van der Waals surface area contributed by atoms with E-state index in [1.165, 1.54) is 0 Å². The topological polar surface area (TPSA) is 80.5 Å². The molecule has 1 fully saturated rings. The van der Waals surface area contributed by atoms with Gasteiger partial charge in [-0.1, -0.05) is 40.2 Å². The van der Waals surface area contributed by atoms with Crippen LogP contribution in [0.25, 0.3) is 0 Å². The molecule has 0 saturated carbocycles. The van der Waals surface area contributed by atoms with E-state index >= 15 is 4.11 Å². The first-order valence-corrected chi connectivity index (χ1v) is 17.6. The Balaban J connectivity index is 1.51. The molecule has 0 aliphatic carbocycles. The molecular weight excluding hydrogens is 682 g/mol. The van der Waals surface area contributed by atoms with E-state index in [9.17, 15) is 9.90 Å². The number of nitrogens with zero attached hydrogens (tertiary/aromatic N) is 4. The molecule has 202 valence electrons. The van der Waals surface area contributed by atoms with Gasteiger partial charge < -0.3 is 18.9 Å². The number of hydrogen-bond acceptors (Lipinski definition) is 5. The molecule has 7 nitrogen and oxygen atoms in total. The van der Waals surface area contributed by atoms with Crippen LogP contribution in [0, 0.1) is 9.49 Å². The largest absolute Gasteiger partial charge is 0.396 e. The number of aromatic nitrogens is 3. The minimum absolute atomic E-state index is 0.00386. The van der Waals surface area contributed by atoms with Crippen molar-refractivity contribution in [1.82, 2.24) is 15.0 Å². The second-order valence-corrected chi connectivity index (χ2v) is 16.6. The number of halogens is 3. The van der Waals surface area contributed by atoms with Gasteiger partial charge in [0.25, 0.3) is 5.91 Å². The summed E-state index contributed by atoms with van der Waals surface area (Å²) in [5.41, 5.74) is 1.71. The molecule has 0 unspecified atom stereocenters. The van der Waals surface area contributed by atoms with Crippen molar-refractivity contribution in [2.24, 2.45) is 5.92 Å². The summed E-state index contributed by atoms with van der Waals surface area (Å²) in [6.07, 6.45) is 2.29. The fourth-order valence-electron chi connectivity index (χ4n) is 6.20. The van der Waals surface area contributed by atoms with Crippen molar-refractivity contribution in [2.45, 2.75) is 63.2 Å². The average molecular weight is 713 g/mol. The van der Waals surface area contributed by atoms with Crippen molar-refractivity contribution in [1.29, 1.82) is 0 Å². The lowest BCUT2D eigenvalue weighted by molar-refractivity contribution is -0.146. The van der Waals surface area contributed by atoms with Crippen LogP contribution in [0.1, 0.15) is 30.2 Å².